The number of nitrogens with zero attached hydrogens (tertiary/aromatic N) is 1. The summed E-state index contributed by atoms with van der Waals surface area (Å²) in [6.07, 6.45) is -8.78. The molecule has 1 rings (SSSR count). The standard InChI is InChI=1S/C11H10F5NO3/c1-19-8(18)4-6-5(9(12)13)3-7(11(14,15)16)17-10(6)20-2/h3,9H,4H2,1-2H3. The lowest BCUT2D eigenvalue weighted by Gasteiger charge is -2.15. The molecule has 0 spiro atoms. The molecule has 0 saturated carbocycles. The molecule has 1 aromatic rings. The van der Waals surface area contributed by atoms with Crippen LogP contribution in [0.4, 0.5) is 22.0 Å². The number of hydrogen-bond donors (Lipinski definition) is 0. The van der Waals surface area contributed by atoms with Gasteiger partial charge in [-0.1, -0.05) is 0 Å². The first-order chi connectivity index (χ1) is 9.20. The second kappa shape index (κ2) is 6.02. The Bertz CT molecular complexity index is 502. The van der Waals surface area contributed by atoms with Crippen LogP contribution in [0.3, 0.4) is 0 Å². The molecule has 1 heterocycles. The quantitative estimate of drug-likeness (QED) is 0.633. The number of alkyl halides is 5. The van der Waals surface area contributed by atoms with Crippen molar-refractivity contribution in [2.24, 2.45) is 0 Å². The third-order valence-electron chi connectivity index (χ3n) is 2.39. The van der Waals surface area contributed by atoms with Gasteiger partial charge in [-0.15, -0.1) is 0 Å². The molecular formula is C11H10F5NO3. The molecule has 20 heavy (non-hydrogen) atoms. The highest BCUT2D eigenvalue weighted by Gasteiger charge is 2.36. The molecule has 0 aliphatic rings. The van der Waals surface area contributed by atoms with Crippen molar-refractivity contribution in [3.8, 4) is 5.88 Å². The molecule has 0 N–H and O–H groups in total. The minimum atomic E-state index is -4.90. The van der Waals surface area contributed by atoms with Gasteiger partial charge in [0.05, 0.1) is 20.6 Å². The first-order valence-electron chi connectivity index (χ1n) is 5.20. The van der Waals surface area contributed by atoms with Gasteiger partial charge in [-0.2, -0.15) is 13.2 Å². The van der Waals surface area contributed by atoms with E-state index in [0.717, 1.165) is 14.2 Å². The maximum absolute atomic E-state index is 12.9. The molecule has 0 aliphatic carbocycles. The number of methoxy groups -OCH3 is 2. The van der Waals surface area contributed by atoms with Crippen LogP contribution in [0.1, 0.15) is 23.2 Å². The smallest absolute Gasteiger partial charge is 0.433 e. The van der Waals surface area contributed by atoms with Crippen LogP contribution in [0.2, 0.25) is 0 Å². The molecule has 0 unspecified atom stereocenters. The lowest BCUT2D eigenvalue weighted by Crippen LogP contribution is -2.15. The van der Waals surface area contributed by atoms with Gasteiger partial charge in [0.25, 0.3) is 6.43 Å². The number of esters is 1. The molecule has 0 saturated heterocycles. The molecule has 112 valence electrons. The summed E-state index contributed by atoms with van der Waals surface area (Å²) in [6.45, 7) is 0. The van der Waals surface area contributed by atoms with Gasteiger partial charge >= 0.3 is 12.1 Å². The maximum Gasteiger partial charge on any atom is 0.433 e. The lowest BCUT2D eigenvalue weighted by molar-refractivity contribution is -0.141. The zero-order valence-electron chi connectivity index (χ0n) is 10.4. The summed E-state index contributed by atoms with van der Waals surface area (Å²) in [5.41, 5.74) is -2.91. The number of ether oxygens (including phenoxy) is 2. The van der Waals surface area contributed by atoms with Gasteiger partial charge in [0, 0.05) is 11.1 Å². The Hall–Kier alpha value is -1.93. The van der Waals surface area contributed by atoms with Gasteiger partial charge < -0.3 is 9.47 Å². The molecular weight excluding hydrogens is 289 g/mol. The van der Waals surface area contributed by atoms with Crippen molar-refractivity contribution >= 4 is 5.97 Å². The van der Waals surface area contributed by atoms with Crippen LogP contribution in [-0.4, -0.2) is 25.2 Å². The third kappa shape index (κ3) is 3.55. The van der Waals surface area contributed by atoms with E-state index in [4.69, 9.17) is 0 Å². The fourth-order valence-corrected chi connectivity index (χ4v) is 1.47. The highest BCUT2D eigenvalue weighted by atomic mass is 19.4. The Labute approximate surface area is 110 Å². The van der Waals surface area contributed by atoms with Crippen LogP contribution in [0.15, 0.2) is 6.07 Å². The Morgan fingerprint density at radius 2 is 1.95 bits per heavy atom. The second-order valence-electron chi connectivity index (χ2n) is 3.64. The largest absolute Gasteiger partial charge is 0.481 e. The van der Waals surface area contributed by atoms with Crippen molar-refractivity contribution in [1.82, 2.24) is 4.98 Å². The van der Waals surface area contributed by atoms with E-state index in [2.05, 4.69) is 14.5 Å². The van der Waals surface area contributed by atoms with Gasteiger partial charge in [-0.3, -0.25) is 4.79 Å². The zero-order chi connectivity index (χ0) is 15.5. The second-order valence-corrected chi connectivity index (χ2v) is 3.64. The van der Waals surface area contributed by atoms with Crippen LogP contribution in [0.5, 0.6) is 5.88 Å². The Balaban J connectivity index is 3.44. The van der Waals surface area contributed by atoms with Gasteiger partial charge in [-0.05, 0) is 6.07 Å². The lowest BCUT2D eigenvalue weighted by atomic mass is 10.1. The number of rotatable bonds is 4. The van der Waals surface area contributed by atoms with E-state index in [-0.39, 0.29) is 6.07 Å². The average Bonchev–Trinajstić information content (AvgIpc) is 2.36. The predicted octanol–water partition coefficient (Wildman–Crippen LogP) is 2.76. The van der Waals surface area contributed by atoms with Crippen molar-refractivity contribution in [3.63, 3.8) is 0 Å². The monoisotopic (exact) mass is 299 g/mol. The van der Waals surface area contributed by atoms with E-state index >= 15 is 0 Å². The number of carbonyl (C=O) groups is 1. The van der Waals surface area contributed by atoms with E-state index in [1.807, 2.05) is 0 Å². The van der Waals surface area contributed by atoms with Gasteiger partial charge in [0.2, 0.25) is 5.88 Å². The Morgan fingerprint density at radius 1 is 1.35 bits per heavy atom. The summed E-state index contributed by atoms with van der Waals surface area (Å²) < 4.78 is 72.2. The van der Waals surface area contributed by atoms with E-state index in [1.54, 1.807) is 0 Å². The minimum Gasteiger partial charge on any atom is -0.481 e. The van der Waals surface area contributed by atoms with Crippen LogP contribution >= 0.6 is 0 Å². The summed E-state index contributed by atoms with van der Waals surface area (Å²) in [6, 6.07) is 0.200. The van der Waals surface area contributed by atoms with E-state index in [9.17, 15) is 26.7 Å². The first kappa shape index (κ1) is 16.1. The van der Waals surface area contributed by atoms with E-state index < -0.39 is 47.7 Å². The number of hydrogen-bond acceptors (Lipinski definition) is 4. The Kier molecular flexibility index (Phi) is 4.85. The van der Waals surface area contributed by atoms with Gasteiger partial charge in [-0.25, -0.2) is 13.8 Å². The van der Waals surface area contributed by atoms with Gasteiger partial charge in [0.1, 0.15) is 5.69 Å². The normalized spacial score (nSPS) is 11.6. The molecule has 0 bridgehead atoms. The molecule has 4 nitrogen and oxygen atoms in total. The minimum absolute atomic E-state index is 0.200. The van der Waals surface area contributed by atoms with Crippen LogP contribution < -0.4 is 4.74 Å². The van der Waals surface area contributed by atoms with Crippen LogP contribution in [0, 0.1) is 0 Å². The molecule has 0 aromatic carbocycles. The summed E-state index contributed by atoms with van der Waals surface area (Å²) in [7, 11) is 1.99. The number of halogens is 5. The first-order valence-corrected chi connectivity index (χ1v) is 5.20. The summed E-state index contributed by atoms with van der Waals surface area (Å²) in [4.78, 5) is 14.2. The maximum atomic E-state index is 12.9. The van der Waals surface area contributed by atoms with Crippen molar-refractivity contribution < 1.29 is 36.2 Å². The SMILES string of the molecule is COC(=O)Cc1c(C(F)F)cc(C(F)(F)F)nc1OC. The topological polar surface area (TPSA) is 48.4 Å². The molecule has 0 aliphatic heterocycles. The van der Waals surface area contributed by atoms with E-state index in [0.29, 0.717) is 0 Å². The summed E-state index contributed by atoms with van der Waals surface area (Å²) in [5, 5.41) is 0. The van der Waals surface area contributed by atoms with Gasteiger partial charge in [0.15, 0.2) is 0 Å². The Morgan fingerprint density at radius 3 is 2.35 bits per heavy atom. The van der Waals surface area contributed by atoms with Crippen molar-refractivity contribution in [1.29, 1.82) is 0 Å². The fourth-order valence-electron chi connectivity index (χ4n) is 1.47. The molecule has 0 radical (unpaired) electrons. The summed E-state index contributed by atoms with van der Waals surface area (Å²) in [5.74, 6) is -1.58. The predicted molar refractivity (Wildman–Crippen MR) is 56.5 cm³/mol. The zero-order valence-corrected chi connectivity index (χ0v) is 10.4. The highest BCUT2D eigenvalue weighted by molar-refractivity contribution is 5.73. The van der Waals surface area contributed by atoms with Crippen LogP contribution in [0.25, 0.3) is 0 Å². The molecule has 0 amide bonds. The molecule has 9 heteroatoms. The third-order valence-corrected chi connectivity index (χ3v) is 2.39. The molecule has 1 aromatic heterocycles. The van der Waals surface area contributed by atoms with E-state index in [1.165, 1.54) is 0 Å². The number of pyridine rings is 1. The highest BCUT2D eigenvalue weighted by Crippen LogP contribution is 2.36. The van der Waals surface area contributed by atoms with Crippen molar-refractivity contribution in [3.05, 3.63) is 22.9 Å². The molecule has 0 atom stereocenters. The van der Waals surface area contributed by atoms with Crippen LogP contribution in [-0.2, 0) is 22.1 Å². The molecule has 0 fully saturated rings. The average molecular weight is 299 g/mol. The number of aromatic nitrogens is 1. The summed E-state index contributed by atoms with van der Waals surface area (Å²) >= 11 is 0. The van der Waals surface area contributed by atoms with Crippen molar-refractivity contribution in [2.75, 3.05) is 14.2 Å². The fraction of sp³-hybridized carbons (Fsp3) is 0.455. The number of carbonyl (C=O) groups excluding carboxylic acids is 1. The van der Waals surface area contributed by atoms with Crippen molar-refractivity contribution in [2.45, 2.75) is 19.0 Å².